The van der Waals surface area contributed by atoms with Crippen molar-refractivity contribution >= 4 is 5.97 Å². The van der Waals surface area contributed by atoms with Crippen molar-refractivity contribution in [2.24, 2.45) is 0 Å². The van der Waals surface area contributed by atoms with E-state index in [2.05, 4.69) is 4.98 Å². The fraction of sp³-hybridized carbons (Fsp3) is 0.538. The number of nitrogens with zero attached hydrogens (tertiary/aromatic N) is 1. The number of hydrogen-bond donors (Lipinski definition) is 3. The van der Waals surface area contributed by atoms with Crippen LogP contribution in [0.1, 0.15) is 43.1 Å². The van der Waals surface area contributed by atoms with Crippen molar-refractivity contribution in [1.29, 1.82) is 0 Å². The van der Waals surface area contributed by atoms with Gasteiger partial charge in [-0.25, -0.2) is 9.78 Å². The lowest BCUT2D eigenvalue weighted by Crippen LogP contribution is -1.98. The zero-order valence-corrected chi connectivity index (χ0v) is 10.6. The molecule has 0 aromatic carbocycles. The normalized spacial score (nSPS) is 11.3. The molecule has 0 radical (unpaired) electrons. The molecule has 1 unspecified atom stereocenters. The number of unbranched alkanes of at least 4 members (excludes halogenated alkanes) is 2. The molecule has 1 aromatic heterocycles. The van der Waals surface area contributed by atoms with E-state index >= 15 is 0 Å². The van der Waals surface area contributed by atoms with Crippen LogP contribution in [0.3, 0.4) is 0 Å². The summed E-state index contributed by atoms with van der Waals surface area (Å²) in [6.07, 6.45) is 5.05. The van der Waals surface area contributed by atoms with Crippen LogP contribution in [-0.4, -0.2) is 39.0 Å². The van der Waals surface area contributed by atoms with Crippen molar-refractivity contribution < 1.29 is 20.1 Å². The van der Waals surface area contributed by atoms with Crippen LogP contribution in [0, 0.1) is 0 Å². The Kier molecular flexibility index (Phi) is 9.81. The Balaban J connectivity index is 0.000000321. The van der Waals surface area contributed by atoms with Gasteiger partial charge in [0.1, 0.15) is 5.69 Å². The fourth-order valence-electron chi connectivity index (χ4n) is 1.22. The lowest BCUT2D eigenvalue weighted by atomic mass is 10.1. The predicted octanol–water partition coefficient (Wildman–Crippen LogP) is 1.70. The van der Waals surface area contributed by atoms with Crippen molar-refractivity contribution in [1.82, 2.24) is 4.98 Å². The van der Waals surface area contributed by atoms with Crippen LogP contribution in [0.15, 0.2) is 24.4 Å². The van der Waals surface area contributed by atoms with E-state index in [1.54, 1.807) is 19.1 Å². The Labute approximate surface area is 107 Å². The minimum Gasteiger partial charge on any atom is -0.477 e. The van der Waals surface area contributed by atoms with E-state index in [0.717, 1.165) is 25.7 Å². The molecule has 0 bridgehead atoms. The Hall–Kier alpha value is -1.46. The minimum atomic E-state index is -0.990. The van der Waals surface area contributed by atoms with Gasteiger partial charge in [-0.05, 0) is 31.9 Å². The Morgan fingerprint density at radius 2 is 2.06 bits per heavy atom. The summed E-state index contributed by atoms with van der Waals surface area (Å²) in [6.45, 7) is 2.07. The SMILES string of the molecule is CC(O)CCCCCO.O=C(O)c1ccccn1. The highest BCUT2D eigenvalue weighted by Crippen LogP contribution is 2.01. The average Bonchev–Trinajstić information content (AvgIpc) is 2.36. The van der Waals surface area contributed by atoms with Crippen LogP contribution >= 0.6 is 0 Å². The number of carbonyl (C=O) groups is 1. The first kappa shape index (κ1) is 16.5. The predicted molar refractivity (Wildman–Crippen MR) is 68.4 cm³/mol. The summed E-state index contributed by atoms with van der Waals surface area (Å²) in [5.74, 6) is -0.990. The smallest absolute Gasteiger partial charge is 0.354 e. The molecule has 1 rings (SSSR count). The van der Waals surface area contributed by atoms with Crippen molar-refractivity contribution in [3.05, 3.63) is 30.1 Å². The molecule has 0 aliphatic heterocycles. The first-order chi connectivity index (χ1) is 8.57. The zero-order chi connectivity index (χ0) is 13.8. The number of carboxylic acids is 1. The highest BCUT2D eigenvalue weighted by molar-refractivity contribution is 5.85. The lowest BCUT2D eigenvalue weighted by Gasteiger charge is -2.01. The third kappa shape index (κ3) is 9.74. The standard InChI is InChI=1S/C7H16O2.C6H5NO2/c1-7(9)5-3-2-4-6-8;8-6(9)5-3-1-2-4-7-5/h7-9H,2-6H2,1H3;1-4H,(H,8,9). The molecule has 1 atom stereocenters. The molecule has 0 spiro atoms. The number of rotatable bonds is 6. The second-order valence-corrected chi connectivity index (χ2v) is 3.94. The van der Waals surface area contributed by atoms with Gasteiger partial charge in [0.25, 0.3) is 0 Å². The molecule has 1 heterocycles. The van der Waals surface area contributed by atoms with Gasteiger partial charge in [0.15, 0.2) is 0 Å². The van der Waals surface area contributed by atoms with E-state index in [9.17, 15) is 4.79 Å². The number of pyridine rings is 1. The zero-order valence-electron chi connectivity index (χ0n) is 10.6. The Morgan fingerprint density at radius 1 is 1.33 bits per heavy atom. The molecule has 3 N–H and O–H groups in total. The largest absolute Gasteiger partial charge is 0.477 e. The van der Waals surface area contributed by atoms with Gasteiger partial charge in [-0.15, -0.1) is 0 Å². The highest BCUT2D eigenvalue weighted by atomic mass is 16.4. The summed E-state index contributed by atoms with van der Waals surface area (Å²) in [6, 6.07) is 4.76. The number of hydrogen-bond acceptors (Lipinski definition) is 4. The summed E-state index contributed by atoms with van der Waals surface area (Å²) in [7, 11) is 0. The molecule has 0 aliphatic rings. The molecule has 0 amide bonds. The molecular weight excluding hydrogens is 234 g/mol. The first-order valence-electron chi connectivity index (χ1n) is 6.01. The van der Waals surface area contributed by atoms with Crippen LogP contribution in [0.4, 0.5) is 0 Å². The van der Waals surface area contributed by atoms with E-state index in [1.165, 1.54) is 12.3 Å². The van der Waals surface area contributed by atoms with Crippen molar-refractivity contribution in [2.75, 3.05) is 6.61 Å². The molecular formula is C13H21NO4. The topological polar surface area (TPSA) is 90.7 Å². The van der Waals surface area contributed by atoms with Crippen LogP contribution < -0.4 is 0 Å². The van der Waals surface area contributed by atoms with Gasteiger partial charge in [-0.3, -0.25) is 0 Å². The van der Waals surface area contributed by atoms with E-state index in [-0.39, 0.29) is 18.4 Å². The summed E-state index contributed by atoms with van der Waals surface area (Å²) in [5, 5.41) is 25.5. The molecule has 0 saturated heterocycles. The summed E-state index contributed by atoms with van der Waals surface area (Å²) in [5.41, 5.74) is 0.0810. The summed E-state index contributed by atoms with van der Waals surface area (Å²) >= 11 is 0. The monoisotopic (exact) mass is 255 g/mol. The number of aliphatic hydroxyl groups is 2. The number of aromatic carboxylic acids is 1. The van der Waals surface area contributed by atoms with Crippen molar-refractivity contribution in [3.63, 3.8) is 0 Å². The van der Waals surface area contributed by atoms with Gasteiger partial charge >= 0.3 is 5.97 Å². The minimum absolute atomic E-state index is 0.0810. The van der Waals surface area contributed by atoms with Gasteiger partial charge in [-0.1, -0.05) is 18.9 Å². The Morgan fingerprint density at radius 3 is 2.44 bits per heavy atom. The quantitative estimate of drug-likeness (QED) is 0.673. The van der Waals surface area contributed by atoms with Crippen LogP contribution in [0.25, 0.3) is 0 Å². The van der Waals surface area contributed by atoms with Crippen LogP contribution in [-0.2, 0) is 0 Å². The van der Waals surface area contributed by atoms with E-state index < -0.39 is 5.97 Å². The average molecular weight is 255 g/mol. The van der Waals surface area contributed by atoms with Gasteiger partial charge in [0, 0.05) is 12.8 Å². The fourth-order valence-corrected chi connectivity index (χ4v) is 1.22. The molecule has 0 fully saturated rings. The van der Waals surface area contributed by atoms with Crippen molar-refractivity contribution in [3.8, 4) is 0 Å². The number of carboxylic acid groups (broad SMARTS) is 1. The van der Waals surface area contributed by atoms with Gasteiger partial charge < -0.3 is 15.3 Å². The second-order valence-electron chi connectivity index (χ2n) is 3.94. The van der Waals surface area contributed by atoms with Gasteiger partial charge in [-0.2, -0.15) is 0 Å². The van der Waals surface area contributed by atoms with Crippen LogP contribution in [0.2, 0.25) is 0 Å². The molecule has 102 valence electrons. The van der Waals surface area contributed by atoms with E-state index in [1.807, 2.05) is 0 Å². The highest BCUT2D eigenvalue weighted by Gasteiger charge is 1.98. The third-order valence-electron chi connectivity index (χ3n) is 2.16. The molecule has 18 heavy (non-hydrogen) atoms. The van der Waals surface area contributed by atoms with E-state index in [0.29, 0.717) is 0 Å². The van der Waals surface area contributed by atoms with Gasteiger partial charge in [0.2, 0.25) is 0 Å². The number of aromatic nitrogens is 1. The maximum Gasteiger partial charge on any atom is 0.354 e. The van der Waals surface area contributed by atoms with Crippen LogP contribution in [0.5, 0.6) is 0 Å². The number of aliphatic hydroxyl groups excluding tert-OH is 2. The van der Waals surface area contributed by atoms with Gasteiger partial charge in [0.05, 0.1) is 6.10 Å². The second kappa shape index (κ2) is 10.7. The lowest BCUT2D eigenvalue weighted by molar-refractivity contribution is 0.0690. The maximum absolute atomic E-state index is 10.1. The van der Waals surface area contributed by atoms with E-state index in [4.69, 9.17) is 15.3 Å². The molecule has 5 nitrogen and oxygen atoms in total. The molecule has 0 aliphatic carbocycles. The van der Waals surface area contributed by atoms with Crippen molar-refractivity contribution in [2.45, 2.75) is 38.7 Å². The maximum atomic E-state index is 10.1. The summed E-state index contributed by atoms with van der Waals surface area (Å²) in [4.78, 5) is 13.7. The first-order valence-corrected chi connectivity index (χ1v) is 6.01. The summed E-state index contributed by atoms with van der Waals surface area (Å²) < 4.78 is 0. The molecule has 0 saturated carbocycles. The molecule has 1 aromatic rings. The third-order valence-corrected chi connectivity index (χ3v) is 2.16. The molecule has 5 heteroatoms. The Bertz CT molecular complexity index is 314.